The van der Waals surface area contributed by atoms with E-state index in [0.29, 0.717) is 38.8 Å². The zero-order valence-corrected chi connectivity index (χ0v) is 36.1. The number of likely N-dealkylation sites (tertiary alicyclic amines) is 1. The summed E-state index contributed by atoms with van der Waals surface area (Å²) in [5.74, 6) is -3.09. The lowest BCUT2D eigenvalue weighted by atomic mass is 9.83. The van der Waals surface area contributed by atoms with Gasteiger partial charge in [0.2, 0.25) is 17.6 Å². The van der Waals surface area contributed by atoms with Crippen molar-refractivity contribution in [2.45, 2.75) is 166 Å². The summed E-state index contributed by atoms with van der Waals surface area (Å²) in [5.41, 5.74) is 0.228. The highest BCUT2D eigenvalue weighted by Gasteiger charge is 2.48. The highest BCUT2D eigenvalue weighted by molar-refractivity contribution is 7.92. The van der Waals surface area contributed by atoms with Gasteiger partial charge >= 0.3 is 12.1 Å². The van der Waals surface area contributed by atoms with Crippen molar-refractivity contribution in [3.8, 4) is 0 Å². The number of nitrogens with zero attached hydrogens (tertiary/aromatic N) is 2. The molecular weight excluding hydrogens is 765 g/mol. The van der Waals surface area contributed by atoms with Crippen molar-refractivity contribution in [2.24, 2.45) is 5.41 Å². The summed E-state index contributed by atoms with van der Waals surface area (Å²) in [4.78, 5) is 85.3. The standard InChI is InChI=1S/C42H64N6O9S/c1-8-14-31(33(49)36(51)43-29-17-18-29)44-35(50)32-23-30(57-39(54)47-22-19-27-15-10-11-16-28(27)24-47)25-48(32)37(52)34(40(2,3)4)45-38(53)46-42(20-12-9-13-21-42)26-58(55,56)41(5,6)7/h10-11,15-16,29-32,34H,8-9,12-14,17-26H2,1-7H3,(H,43,51)(H,44,50)(H2,45,46,53)/t30-,31?,32?,34-/m1/s1. The molecule has 1 aromatic carbocycles. The Bertz CT molecular complexity index is 1830. The number of fused-ring (bicyclic) bond motifs is 1. The molecule has 0 aromatic heterocycles. The molecule has 2 unspecified atom stereocenters. The number of carbonyl (C=O) groups is 6. The lowest BCUT2D eigenvalue weighted by molar-refractivity contribution is -0.144. The second-order valence-electron chi connectivity index (χ2n) is 18.8. The van der Waals surface area contributed by atoms with Gasteiger partial charge in [-0.05, 0) is 75.8 Å². The van der Waals surface area contributed by atoms with Gasteiger partial charge in [0, 0.05) is 25.6 Å². The van der Waals surface area contributed by atoms with Crippen LogP contribution in [-0.4, -0.2) is 113 Å². The van der Waals surface area contributed by atoms with Crippen molar-refractivity contribution in [3.63, 3.8) is 0 Å². The number of hydrogen-bond acceptors (Lipinski definition) is 9. The number of rotatable bonds is 13. The Morgan fingerprint density at radius 1 is 0.931 bits per heavy atom. The van der Waals surface area contributed by atoms with Gasteiger partial charge in [0.1, 0.15) is 18.2 Å². The molecule has 6 amide bonds. The molecule has 1 saturated heterocycles. The normalized spacial score (nSPS) is 21.8. The number of sulfone groups is 1. The van der Waals surface area contributed by atoms with Crippen LogP contribution < -0.4 is 21.3 Å². The van der Waals surface area contributed by atoms with Crippen LogP contribution in [0.4, 0.5) is 9.59 Å². The molecule has 2 aliphatic heterocycles. The summed E-state index contributed by atoms with van der Waals surface area (Å²) >= 11 is 0. The molecule has 0 spiro atoms. The average molecular weight is 829 g/mol. The maximum absolute atomic E-state index is 14.8. The fourth-order valence-electron chi connectivity index (χ4n) is 8.05. The van der Waals surface area contributed by atoms with Gasteiger partial charge in [0.05, 0.1) is 28.6 Å². The van der Waals surface area contributed by atoms with Crippen LogP contribution in [0.3, 0.4) is 0 Å². The summed E-state index contributed by atoms with van der Waals surface area (Å²) in [7, 11) is -3.63. The Morgan fingerprint density at radius 3 is 2.19 bits per heavy atom. The van der Waals surface area contributed by atoms with Gasteiger partial charge < -0.3 is 35.8 Å². The first-order chi connectivity index (χ1) is 27.1. The van der Waals surface area contributed by atoms with Gasteiger partial charge in [0.25, 0.3) is 5.91 Å². The first-order valence-corrected chi connectivity index (χ1v) is 22.6. The lowest BCUT2D eigenvalue weighted by Crippen LogP contribution is -2.63. The molecule has 5 rings (SSSR count). The molecule has 16 heteroatoms. The molecule has 2 heterocycles. The van der Waals surface area contributed by atoms with Crippen LogP contribution in [0.2, 0.25) is 0 Å². The number of benzene rings is 1. The fraction of sp³-hybridized carbons (Fsp3) is 0.714. The highest BCUT2D eigenvalue weighted by Crippen LogP contribution is 2.33. The van der Waals surface area contributed by atoms with E-state index in [2.05, 4.69) is 21.3 Å². The molecule has 2 saturated carbocycles. The Balaban J connectivity index is 1.37. The molecule has 4 N–H and O–H groups in total. The van der Waals surface area contributed by atoms with Crippen LogP contribution in [-0.2, 0) is 46.7 Å². The summed E-state index contributed by atoms with van der Waals surface area (Å²) < 4.78 is 31.8. The number of ether oxygens (including phenoxy) is 1. The van der Waals surface area contributed by atoms with Crippen molar-refractivity contribution >= 4 is 45.5 Å². The van der Waals surface area contributed by atoms with E-state index in [9.17, 15) is 37.2 Å². The maximum Gasteiger partial charge on any atom is 0.410 e. The quantitative estimate of drug-likeness (QED) is 0.213. The topological polar surface area (TPSA) is 200 Å². The van der Waals surface area contributed by atoms with E-state index in [0.717, 1.165) is 43.2 Å². The molecule has 15 nitrogen and oxygen atoms in total. The SMILES string of the molecule is CCCC(NC(=O)C1C[C@@H](OC(=O)N2CCc3ccccc3C2)CN1C(=O)[C@@H](NC(=O)NC1(CS(=O)(=O)C(C)(C)C)CCCCC1)C(C)(C)C)C(=O)C(=O)NC1CC1. The summed E-state index contributed by atoms with van der Waals surface area (Å²) in [6.07, 6.45) is 4.64. The van der Waals surface area contributed by atoms with Crippen LogP contribution in [0.15, 0.2) is 24.3 Å². The molecule has 1 aromatic rings. The summed E-state index contributed by atoms with van der Waals surface area (Å²) in [6.45, 7) is 12.6. The summed E-state index contributed by atoms with van der Waals surface area (Å²) in [6, 6.07) is 3.54. The van der Waals surface area contributed by atoms with Gasteiger partial charge in [-0.3, -0.25) is 19.2 Å². The first kappa shape index (κ1) is 44.9. The predicted molar refractivity (Wildman–Crippen MR) is 218 cm³/mol. The number of amides is 6. The van der Waals surface area contributed by atoms with Gasteiger partial charge in [0.15, 0.2) is 9.84 Å². The van der Waals surface area contributed by atoms with Crippen LogP contribution in [0.1, 0.15) is 124 Å². The zero-order valence-electron chi connectivity index (χ0n) is 35.3. The molecule has 4 aliphatic rings. The van der Waals surface area contributed by atoms with E-state index in [-0.39, 0.29) is 31.2 Å². The van der Waals surface area contributed by atoms with Crippen molar-refractivity contribution in [2.75, 3.05) is 18.8 Å². The van der Waals surface area contributed by atoms with Gasteiger partial charge in [-0.25, -0.2) is 18.0 Å². The zero-order chi connectivity index (χ0) is 42.6. The minimum absolute atomic E-state index is 0.0592. The number of carbonyl (C=O) groups excluding carboxylic acids is 6. The van der Waals surface area contributed by atoms with Crippen LogP contribution in [0.25, 0.3) is 0 Å². The highest BCUT2D eigenvalue weighted by atomic mass is 32.2. The van der Waals surface area contributed by atoms with Gasteiger partial charge in [-0.1, -0.05) is 77.6 Å². The molecule has 2 aliphatic carbocycles. The first-order valence-electron chi connectivity index (χ1n) is 20.9. The third-order valence-corrected chi connectivity index (χ3v) is 14.6. The van der Waals surface area contributed by atoms with Crippen molar-refractivity contribution in [1.82, 2.24) is 31.1 Å². The minimum Gasteiger partial charge on any atom is -0.444 e. The van der Waals surface area contributed by atoms with Crippen LogP contribution >= 0.6 is 0 Å². The van der Waals surface area contributed by atoms with Crippen molar-refractivity contribution in [1.29, 1.82) is 0 Å². The van der Waals surface area contributed by atoms with E-state index >= 15 is 0 Å². The number of hydrogen-bond donors (Lipinski definition) is 4. The molecule has 58 heavy (non-hydrogen) atoms. The van der Waals surface area contributed by atoms with E-state index in [4.69, 9.17) is 4.74 Å². The van der Waals surface area contributed by atoms with E-state index < -0.39 is 85.4 Å². The van der Waals surface area contributed by atoms with Gasteiger partial charge in [-0.2, -0.15) is 0 Å². The lowest BCUT2D eigenvalue weighted by Gasteiger charge is -2.41. The van der Waals surface area contributed by atoms with E-state index in [1.165, 1.54) is 4.90 Å². The smallest absolute Gasteiger partial charge is 0.410 e. The number of urea groups is 1. The molecule has 4 atom stereocenters. The van der Waals surface area contributed by atoms with E-state index in [1.807, 2.05) is 31.2 Å². The Kier molecular flexibility index (Phi) is 13.9. The molecule has 0 radical (unpaired) electrons. The van der Waals surface area contributed by atoms with E-state index in [1.54, 1.807) is 46.4 Å². The van der Waals surface area contributed by atoms with Crippen molar-refractivity contribution < 1.29 is 41.9 Å². The number of nitrogens with one attached hydrogen (secondary N) is 4. The third kappa shape index (κ3) is 11.1. The largest absolute Gasteiger partial charge is 0.444 e. The van der Waals surface area contributed by atoms with Crippen molar-refractivity contribution in [3.05, 3.63) is 35.4 Å². The number of Topliss-reactive ketones (excluding diaryl/α,β-unsaturated/α-hetero) is 1. The fourth-order valence-corrected chi connectivity index (χ4v) is 9.57. The molecule has 3 fully saturated rings. The average Bonchev–Trinajstić information content (AvgIpc) is 3.87. The molecule has 322 valence electrons. The maximum atomic E-state index is 14.8. The minimum atomic E-state index is -3.63. The van der Waals surface area contributed by atoms with Crippen LogP contribution in [0.5, 0.6) is 0 Å². The van der Waals surface area contributed by atoms with Gasteiger partial charge in [-0.15, -0.1) is 0 Å². The number of ketones is 1. The Hall–Kier alpha value is -4.21. The Morgan fingerprint density at radius 2 is 1.59 bits per heavy atom. The predicted octanol–water partition coefficient (Wildman–Crippen LogP) is 3.91. The summed E-state index contributed by atoms with van der Waals surface area (Å²) in [5, 5.41) is 11.2. The third-order valence-electron chi connectivity index (χ3n) is 11.8. The second-order valence-corrected chi connectivity index (χ2v) is 21.5. The monoisotopic (exact) mass is 828 g/mol. The molecule has 0 bridgehead atoms. The Labute approximate surface area is 343 Å². The second kappa shape index (κ2) is 18.0. The van der Waals surface area contributed by atoms with Crippen LogP contribution in [0, 0.1) is 5.41 Å². The molecular formula is C42H64N6O9S.